The number of aryl methyl sites for hydroxylation is 2. The summed E-state index contributed by atoms with van der Waals surface area (Å²) in [5.74, 6) is -1.06. The number of benzene rings is 3. The maximum atomic E-state index is 14.1. The topological polar surface area (TPSA) is 139 Å². The van der Waals surface area contributed by atoms with Crippen molar-refractivity contribution in [3.05, 3.63) is 92.5 Å². The van der Waals surface area contributed by atoms with E-state index >= 15 is 0 Å². The summed E-state index contributed by atoms with van der Waals surface area (Å²) in [6.07, 6.45) is 0. The number of amides is 2. The van der Waals surface area contributed by atoms with E-state index in [1.807, 2.05) is 31.2 Å². The average Bonchev–Trinajstić information content (AvgIpc) is 2.94. The summed E-state index contributed by atoms with van der Waals surface area (Å²) < 4.78 is 34.3. The number of anilines is 1. The fourth-order valence-corrected chi connectivity index (χ4v) is 5.73. The van der Waals surface area contributed by atoms with E-state index < -0.39 is 49.9 Å². The number of nitrogens with zero attached hydrogens (tertiary/aromatic N) is 3. The highest BCUT2D eigenvalue weighted by atomic mass is 35.5. The van der Waals surface area contributed by atoms with Crippen LogP contribution in [0.2, 0.25) is 5.02 Å². The Kier molecular flexibility index (Phi) is 9.95. The van der Waals surface area contributed by atoms with Gasteiger partial charge in [0.25, 0.3) is 15.7 Å². The molecule has 0 spiro atoms. The van der Waals surface area contributed by atoms with Gasteiger partial charge in [0.1, 0.15) is 18.3 Å². The number of carbonyl (C=O) groups excluding carboxylic acids is 2. The maximum absolute atomic E-state index is 14.1. The second kappa shape index (κ2) is 13.0. The van der Waals surface area contributed by atoms with E-state index in [1.54, 1.807) is 0 Å². The van der Waals surface area contributed by atoms with Gasteiger partial charge in [0.2, 0.25) is 11.8 Å². The van der Waals surface area contributed by atoms with Crippen LogP contribution in [0.25, 0.3) is 0 Å². The minimum absolute atomic E-state index is 0.0181. The van der Waals surface area contributed by atoms with Crippen LogP contribution in [0, 0.1) is 24.0 Å². The van der Waals surface area contributed by atoms with Gasteiger partial charge in [0.05, 0.1) is 22.6 Å². The minimum atomic E-state index is -4.59. The van der Waals surface area contributed by atoms with Crippen LogP contribution in [-0.2, 0) is 26.2 Å². The molecule has 0 saturated carbocycles. The van der Waals surface area contributed by atoms with Crippen molar-refractivity contribution in [3.63, 3.8) is 0 Å². The van der Waals surface area contributed by atoms with Gasteiger partial charge < -0.3 is 15.0 Å². The molecule has 13 heteroatoms. The lowest BCUT2D eigenvalue weighted by atomic mass is 10.1. The number of hydrogen-bond acceptors (Lipinski definition) is 7. The number of hydrogen-bond donors (Lipinski definition) is 1. The summed E-state index contributed by atoms with van der Waals surface area (Å²) in [6, 6.07) is 14.1. The molecule has 0 radical (unpaired) electrons. The number of nitrogens with one attached hydrogen (secondary N) is 1. The molecule has 3 aromatic carbocycles. The van der Waals surface area contributed by atoms with Gasteiger partial charge in [0, 0.05) is 30.2 Å². The molecular formula is C28H31ClN4O7S. The molecule has 2 amide bonds. The molecule has 0 fully saturated rings. The number of likely N-dealkylation sites (N-methyl/N-ethyl adjacent to an activating group) is 1. The number of halogens is 1. The quantitative estimate of drug-likeness (QED) is 0.256. The van der Waals surface area contributed by atoms with E-state index in [0.717, 1.165) is 21.5 Å². The van der Waals surface area contributed by atoms with Crippen molar-refractivity contribution in [2.45, 2.75) is 38.3 Å². The molecule has 1 N–H and O–H groups in total. The lowest BCUT2D eigenvalue weighted by Gasteiger charge is -2.32. The van der Waals surface area contributed by atoms with Crippen molar-refractivity contribution >= 4 is 44.8 Å². The molecule has 1 atom stereocenters. The van der Waals surface area contributed by atoms with Crippen LogP contribution in [0.1, 0.15) is 23.6 Å². The molecule has 0 unspecified atom stereocenters. The van der Waals surface area contributed by atoms with E-state index in [-0.39, 0.29) is 28.6 Å². The van der Waals surface area contributed by atoms with Crippen LogP contribution in [0.3, 0.4) is 0 Å². The maximum Gasteiger partial charge on any atom is 0.273 e. The molecule has 0 aliphatic heterocycles. The highest BCUT2D eigenvalue weighted by Crippen LogP contribution is 2.36. The summed E-state index contributed by atoms with van der Waals surface area (Å²) in [4.78, 5) is 38.3. The number of sulfonamides is 1. The number of nitro benzene ring substituents is 1. The molecule has 0 aliphatic carbocycles. The molecule has 0 saturated heterocycles. The predicted molar refractivity (Wildman–Crippen MR) is 156 cm³/mol. The molecule has 0 aromatic heterocycles. The lowest BCUT2D eigenvalue weighted by Crippen LogP contribution is -2.50. The lowest BCUT2D eigenvalue weighted by molar-refractivity contribution is -0.385. The van der Waals surface area contributed by atoms with Crippen LogP contribution >= 0.6 is 11.6 Å². The summed E-state index contributed by atoms with van der Waals surface area (Å²) in [6.45, 7) is 4.20. The van der Waals surface area contributed by atoms with Crippen LogP contribution in [-0.4, -0.2) is 56.8 Å². The standard InChI is InChI=1S/C28H31ClN4O7S/c1-18-6-9-21(10-7-18)16-31(20(3)28(35)30-4)27(34)17-32(25-14-22(29)11-13-26(25)40-5)41(38,39)23-12-8-19(2)24(15-23)33(36)37/h6-15,20H,16-17H2,1-5H3,(H,30,35)/t20-/m1/s1. The van der Waals surface area contributed by atoms with Gasteiger partial charge in [-0.2, -0.15) is 0 Å². The van der Waals surface area contributed by atoms with Gasteiger partial charge >= 0.3 is 0 Å². The third kappa shape index (κ3) is 7.14. The van der Waals surface area contributed by atoms with Crippen LogP contribution in [0.4, 0.5) is 11.4 Å². The van der Waals surface area contributed by atoms with Gasteiger partial charge in [-0.1, -0.05) is 47.5 Å². The Bertz CT molecular complexity index is 1560. The SMILES string of the molecule is CNC(=O)[C@@H](C)N(Cc1ccc(C)cc1)C(=O)CN(c1cc(Cl)ccc1OC)S(=O)(=O)c1ccc(C)c([N+](=O)[O-])c1. The molecule has 0 heterocycles. The average molecular weight is 603 g/mol. The Hall–Kier alpha value is -4.16. The summed E-state index contributed by atoms with van der Waals surface area (Å²) >= 11 is 6.22. The van der Waals surface area contributed by atoms with Crippen molar-refractivity contribution in [1.29, 1.82) is 0 Å². The molecule has 0 aliphatic rings. The summed E-state index contributed by atoms with van der Waals surface area (Å²) in [5.41, 5.74) is 1.54. The van der Waals surface area contributed by atoms with Gasteiger partial charge in [-0.15, -0.1) is 0 Å². The normalized spacial score (nSPS) is 11.9. The van der Waals surface area contributed by atoms with E-state index in [0.29, 0.717) is 0 Å². The Morgan fingerprint density at radius 3 is 2.32 bits per heavy atom. The monoisotopic (exact) mass is 602 g/mol. The molecular weight excluding hydrogens is 572 g/mol. The number of methoxy groups -OCH3 is 1. The summed E-state index contributed by atoms with van der Waals surface area (Å²) in [7, 11) is -1.83. The first-order valence-corrected chi connectivity index (χ1v) is 14.3. The number of nitro groups is 1. The number of rotatable bonds is 11. The van der Waals surface area contributed by atoms with Crippen molar-refractivity contribution < 1.29 is 27.7 Å². The van der Waals surface area contributed by atoms with E-state index in [4.69, 9.17) is 16.3 Å². The molecule has 0 bridgehead atoms. The van der Waals surface area contributed by atoms with Gasteiger partial charge in [-0.3, -0.25) is 24.0 Å². The Morgan fingerprint density at radius 2 is 1.73 bits per heavy atom. The van der Waals surface area contributed by atoms with E-state index in [1.165, 1.54) is 63.2 Å². The molecule has 41 heavy (non-hydrogen) atoms. The first kappa shape index (κ1) is 31.4. The van der Waals surface area contributed by atoms with Crippen LogP contribution < -0.4 is 14.4 Å². The van der Waals surface area contributed by atoms with Gasteiger partial charge in [-0.05, 0) is 50.6 Å². The van der Waals surface area contributed by atoms with Gasteiger partial charge in [0.15, 0.2) is 0 Å². The highest BCUT2D eigenvalue weighted by Gasteiger charge is 2.34. The van der Waals surface area contributed by atoms with Crippen molar-refractivity contribution in [1.82, 2.24) is 10.2 Å². The number of carbonyl (C=O) groups is 2. The number of ether oxygens (including phenoxy) is 1. The molecule has 218 valence electrons. The zero-order valence-corrected chi connectivity index (χ0v) is 24.8. The molecule has 3 rings (SSSR count). The third-order valence-corrected chi connectivity index (χ3v) is 8.53. The Morgan fingerprint density at radius 1 is 1.07 bits per heavy atom. The van der Waals surface area contributed by atoms with Crippen molar-refractivity contribution in [2.24, 2.45) is 0 Å². The van der Waals surface area contributed by atoms with Crippen LogP contribution in [0.15, 0.2) is 65.6 Å². The van der Waals surface area contributed by atoms with Crippen molar-refractivity contribution in [2.75, 3.05) is 25.0 Å². The van der Waals surface area contributed by atoms with E-state index in [2.05, 4.69) is 5.32 Å². The molecule has 3 aromatic rings. The largest absolute Gasteiger partial charge is 0.495 e. The zero-order valence-electron chi connectivity index (χ0n) is 23.3. The van der Waals surface area contributed by atoms with Crippen LogP contribution in [0.5, 0.6) is 5.75 Å². The fraction of sp³-hybridized carbons (Fsp3) is 0.286. The second-order valence-corrected chi connectivity index (χ2v) is 11.6. The Labute approximate surface area is 243 Å². The van der Waals surface area contributed by atoms with E-state index in [9.17, 15) is 28.1 Å². The molecule has 11 nitrogen and oxygen atoms in total. The minimum Gasteiger partial charge on any atom is -0.495 e. The van der Waals surface area contributed by atoms with Gasteiger partial charge in [-0.25, -0.2) is 8.42 Å². The summed E-state index contributed by atoms with van der Waals surface area (Å²) in [5, 5.41) is 14.3. The first-order chi connectivity index (χ1) is 19.3. The second-order valence-electron chi connectivity index (χ2n) is 9.33. The zero-order chi connectivity index (χ0) is 30.5. The third-order valence-electron chi connectivity index (χ3n) is 6.54. The predicted octanol–water partition coefficient (Wildman–Crippen LogP) is 4.23. The Balaban J connectivity index is 2.16. The smallest absolute Gasteiger partial charge is 0.273 e. The fourth-order valence-electron chi connectivity index (χ4n) is 4.13. The van der Waals surface area contributed by atoms with Crippen molar-refractivity contribution in [3.8, 4) is 5.75 Å². The first-order valence-electron chi connectivity index (χ1n) is 12.5. The highest BCUT2D eigenvalue weighted by molar-refractivity contribution is 7.92.